The first-order valence-electron chi connectivity index (χ1n) is 6.26. The first kappa shape index (κ1) is 15.9. The number of Topliss-reactive ketones (excluding diaryl/α,β-unsaturated/α-hetero) is 1. The molecule has 0 bridgehead atoms. The Morgan fingerprint density at radius 1 is 1.20 bits per heavy atom. The van der Waals surface area contributed by atoms with Crippen LogP contribution in [0, 0.1) is 0 Å². The summed E-state index contributed by atoms with van der Waals surface area (Å²) in [6, 6.07) is 0. The first-order valence-corrected chi connectivity index (χ1v) is 6.26. The summed E-state index contributed by atoms with van der Waals surface area (Å²) in [5.74, 6) is -1.04. The number of carbonyl (C=O) groups excluding carboxylic acids is 4. The van der Waals surface area contributed by atoms with Gasteiger partial charge in [-0.1, -0.05) is 11.6 Å². The van der Waals surface area contributed by atoms with Crippen LogP contribution < -0.4 is 0 Å². The van der Waals surface area contributed by atoms with Crippen molar-refractivity contribution in [3.63, 3.8) is 0 Å². The Morgan fingerprint density at radius 3 is 2.35 bits per heavy atom. The molecule has 0 aliphatic carbocycles. The largest absolute Gasteiger partial charge is 0.534 e. The SMILES string of the molecule is C=C(CCCC(C)=O)COC(=O)ON1C(=O)CCC1=O. The molecular formula is C13H17NO6. The van der Waals surface area contributed by atoms with Crippen molar-refractivity contribution >= 4 is 23.8 Å². The van der Waals surface area contributed by atoms with Gasteiger partial charge in [0.1, 0.15) is 12.4 Å². The van der Waals surface area contributed by atoms with Gasteiger partial charge < -0.3 is 9.53 Å². The van der Waals surface area contributed by atoms with Crippen molar-refractivity contribution in [3.8, 4) is 0 Å². The quantitative estimate of drug-likeness (QED) is 0.400. The number of rotatable bonds is 7. The maximum atomic E-state index is 11.3. The van der Waals surface area contributed by atoms with E-state index in [0.29, 0.717) is 29.9 Å². The molecule has 0 unspecified atom stereocenters. The van der Waals surface area contributed by atoms with Crippen molar-refractivity contribution in [2.75, 3.05) is 6.61 Å². The van der Waals surface area contributed by atoms with Gasteiger partial charge in [0.05, 0.1) is 0 Å². The molecule has 1 saturated heterocycles. The number of hydrogen-bond donors (Lipinski definition) is 0. The van der Waals surface area contributed by atoms with Crippen molar-refractivity contribution in [1.29, 1.82) is 0 Å². The molecule has 0 atom stereocenters. The third-order valence-corrected chi connectivity index (χ3v) is 2.62. The second-order valence-electron chi connectivity index (χ2n) is 4.52. The predicted molar refractivity (Wildman–Crippen MR) is 67.2 cm³/mol. The van der Waals surface area contributed by atoms with Gasteiger partial charge in [-0.3, -0.25) is 14.4 Å². The minimum atomic E-state index is -1.12. The second kappa shape index (κ2) is 7.42. The van der Waals surface area contributed by atoms with Gasteiger partial charge in [-0.2, -0.15) is 0 Å². The average Bonchev–Trinajstić information content (AvgIpc) is 2.68. The molecule has 0 aromatic carbocycles. The van der Waals surface area contributed by atoms with E-state index < -0.39 is 18.0 Å². The highest BCUT2D eigenvalue weighted by molar-refractivity contribution is 6.01. The lowest BCUT2D eigenvalue weighted by Gasteiger charge is -2.12. The Morgan fingerprint density at radius 2 is 1.80 bits per heavy atom. The topological polar surface area (TPSA) is 90.0 Å². The third-order valence-electron chi connectivity index (χ3n) is 2.62. The molecule has 1 rings (SSSR count). The van der Waals surface area contributed by atoms with Crippen LogP contribution in [-0.2, 0) is 24.0 Å². The molecule has 1 heterocycles. The first-order chi connectivity index (χ1) is 9.40. The molecule has 0 saturated carbocycles. The van der Waals surface area contributed by atoms with Gasteiger partial charge in [0, 0.05) is 19.3 Å². The molecule has 0 aromatic rings. The molecular weight excluding hydrogens is 266 g/mol. The Balaban J connectivity index is 2.22. The van der Waals surface area contributed by atoms with Gasteiger partial charge >= 0.3 is 6.16 Å². The van der Waals surface area contributed by atoms with Crippen LogP contribution in [0.1, 0.15) is 39.0 Å². The van der Waals surface area contributed by atoms with Crippen LogP contribution in [0.2, 0.25) is 0 Å². The second-order valence-corrected chi connectivity index (χ2v) is 4.52. The normalized spacial score (nSPS) is 14.3. The van der Waals surface area contributed by atoms with E-state index in [1.54, 1.807) is 0 Å². The molecule has 20 heavy (non-hydrogen) atoms. The van der Waals surface area contributed by atoms with E-state index in [0.717, 1.165) is 0 Å². The van der Waals surface area contributed by atoms with Crippen molar-refractivity contribution in [1.82, 2.24) is 5.06 Å². The molecule has 1 fully saturated rings. The highest BCUT2D eigenvalue weighted by atomic mass is 16.8. The Hall–Kier alpha value is -2.18. The Kier molecular flexibility index (Phi) is 5.89. The van der Waals surface area contributed by atoms with Crippen LogP contribution in [0.25, 0.3) is 0 Å². The summed E-state index contributed by atoms with van der Waals surface area (Å²) in [6.07, 6.45) is 0.569. The van der Waals surface area contributed by atoms with Crippen LogP contribution in [-0.4, -0.2) is 35.4 Å². The van der Waals surface area contributed by atoms with Crippen LogP contribution in [0.5, 0.6) is 0 Å². The summed E-state index contributed by atoms with van der Waals surface area (Å²) >= 11 is 0. The maximum Gasteiger partial charge on any atom is 0.534 e. The van der Waals surface area contributed by atoms with E-state index in [-0.39, 0.29) is 25.2 Å². The zero-order valence-electron chi connectivity index (χ0n) is 11.3. The molecule has 0 radical (unpaired) electrons. The maximum absolute atomic E-state index is 11.3. The summed E-state index contributed by atoms with van der Waals surface area (Å²) in [5.41, 5.74) is 0.627. The average molecular weight is 283 g/mol. The molecule has 110 valence electrons. The Labute approximate surface area is 116 Å². The third kappa shape index (κ3) is 5.21. The summed E-state index contributed by atoms with van der Waals surface area (Å²) in [6.45, 7) is 5.12. The summed E-state index contributed by atoms with van der Waals surface area (Å²) in [5, 5.41) is 0.418. The fourth-order valence-electron chi connectivity index (χ4n) is 1.58. The number of hydrogen-bond acceptors (Lipinski definition) is 6. The van der Waals surface area contributed by atoms with Crippen LogP contribution in [0.3, 0.4) is 0 Å². The van der Waals surface area contributed by atoms with Crippen molar-refractivity contribution < 1.29 is 28.8 Å². The van der Waals surface area contributed by atoms with Crippen LogP contribution in [0.15, 0.2) is 12.2 Å². The molecule has 2 amide bonds. The standard InChI is InChI=1S/C13H17NO6/c1-9(4-3-5-10(2)15)8-19-13(18)20-14-11(16)6-7-12(14)17/h1,3-8H2,2H3. The number of imide groups is 1. The highest BCUT2D eigenvalue weighted by Gasteiger charge is 2.33. The lowest BCUT2D eigenvalue weighted by atomic mass is 10.1. The fourth-order valence-corrected chi connectivity index (χ4v) is 1.58. The van der Waals surface area contributed by atoms with Gasteiger partial charge in [-0.15, -0.1) is 0 Å². The molecule has 0 N–H and O–H groups in total. The van der Waals surface area contributed by atoms with E-state index in [9.17, 15) is 19.2 Å². The molecule has 1 aliphatic rings. The minimum Gasteiger partial charge on any atom is -0.428 e. The van der Waals surface area contributed by atoms with E-state index in [1.165, 1.54) is 6.92 Å². The van der Waals surface area contributed by atoms with E-state index >= 15 is 0 Å². The molecule has 0 spiro atoms. The van der Waals surface area contributed by atoms with Gasteiger partial charge in [0.15, 0.2) is 0 Å². The number of ether oxygens (including phenoxy) is 1. The molecule has 7 heteroatoms. The van der Waals surface area contributed by atoms with Gasteiger partial charge in [0.25, 0.3) is 11.8 Å². The smallest absolute Gasteiger partial charge is 0.428 e. The van der Waals surface area contributed by atoms with Crippen molar-refractivity contribution in [3.05, 3.63) is 12.2 Å². The summed E-state index contributed by atoms with van der Waals surface area (Å²) < 4.78 is 4.73. The Bertz CT molecular complexity index is 426. The minimum absolute atomic E-state index is 0.0316. The van der Waals surface area contributed by atoms with Crippen LogP contribution >= 0.6 is 0 Å². The lowest BCUT2D eigenvalue weighted by molar-refractivity contribution is -0.176. The number of amides is 2. The predicted octanol–water partition coefficient (Wildman–Crippen LogP) is 1.52. The van der Waals surface area contributed by atoms with E-state index in [2.05, 4.69) is 11.4 Å². The van der Waals surface area contributed by atoms with E-state index in [1.807, 2.05) is 0 Å². The zero-order chi connectivity index (χ0) is 15.1. The number of ketones is 1. The molecule has 7 nitrogen and oxygen atoms in total. The van der Waals surface area contributed by atoms with Gasteiger partial charge in [0.2, 0.25) is 0 Å². The van der Waals surface area contributed by atoms with Gasteiger partial charge in [-0.05, 0) is 25.3 Å². The number of carbonyl (C=O) groups is 4. The van der Waals surface area contributed by atoms with Crippen molar-refractivity contribution in [2.45, 2.75) is 39.0 Å². The number of nitrogens with zero attached hydrogens (tertiary/aromatic N) is 1. The molecule has 1 aliphatic heterocycles. The number of hydroxylamine groups is 2. The summed E-state index contributed by atoms with van der Waals surface area (Å²) in [4.78, 5) is 48.9. The lowest BCUT2D eigenvalue weighted by Crippen LogP contribution is -2.32. The van der Waals surface area contributed by atoms with Crippen LogP contribution in [0.4, 0.5) is 4.79 Å². The highest BCUT2D eigenvalue weighted by Crippen LogP contribution is 2.13. The van der Waals surface area contributed by atoms with Crippen molar-refractivity contribution in [2.24, 2.45) is 0 Å². The monoisotopic (exact) mass is 283 g/mol. The fraction of sp³-hybridized carbons (Fsp3) is 0.538. The molecule has 0 aromatic heterocycles. The summed E-state index contributed by atoms with van der Waals surface area (Å²) in [7, 11) is 0. The zero-order valence-corrected chi connectivity index (χ0v) is 11.3. The van der Waals surface area contributed by atoms with E-state index in [4.69, 9.17) is 4.74 Å². The van der Waals surface area contributed by atoms with Gasteiger partial charge in [-0.25, -0.2) is 4.79 Å².